The lowest BCUT2D eigenvalue weighted by atomic mass is 9.77. The number of aromatic nitrogens is 8. The van der Waals surface area contributed by atoms with E-state index in [1.165, 1.54) is 35.9 Å². The number of rotatable bonds is 35. The Morgan fingerprint density at radius 3 is 0.918 bits per heavy atom. The molecule has 4 aromatic heterocycles. The van der Waals surface area contributed by atoms with Gasteiger partial charge in [-0.05, 0) is 178 Å². The summed E-state index contributed by atoms with van der Waals surface area (Å²) >= 11 is 56.9. The van der Waals surface area contributed by atoms with Crippen molar-refractivity contribution in [1.82, 2.24) is 39.9 Å². The summed E-state index contributed by atoms with van der Waals surface area (Å²) in [6, 6.07) is 59.9. The van der Waals surface area contributed by atoms with Gasteiger partial charge in [-0.3, -0.25) is 0 Å². The number of benzene rings is 8. The van der Waals surface area contributed by atoms with Crippen molar-refractivity contribution < 1.29 is 55.1 Å². The second-order valence-electron chi connectivity index (χ2n) is 31.3. The summed E-state index contributed by atoms with van der Waals surface area (Å²) in [5.74, 6) is 5.28. The molecule has 702 valence electrons. The third-order valence-corrected chi connectivity index (χ3v) is 25.2. The summed E-state index contributed by atoms with van der Waals surface area (Å²) in [7, 11) is -6.71. The SMILES string of the molecule is CC(C)(c1ccc(O)cc1)c1cc(Cl)c(OCCCl)c(C#N)c1.CC(C)(c1ccc(OCc2ccnc(CS(C)(=O)=O)n2)cc1)c1cc(Cl)c(OCCCl)c(C#N)c1.CC(C)(c1ccc(OCc2ccnc(S(C)(=O)=O)n2)cc1)c1cc(Cl)c(OCCCl)c(C#N)c1.CSc1nccc(CCl)n1.CSc1nccc(COc2ccc(C(C)(C)c3cc(Cl)c(OCCCl)c(C#N)c3)cc2)n1. The van der Waals surface area contributed by atoms with Crippen LogP contribution in [0, 0.1) is 45.3 Å². The van der Waals surface area contributed by atoms with E-state index >= 15 is 0 Å². The Bertz CT molecular complexity index is 6400. The second kappa shape index (κ2) is 51.5. The van der Waals surface area contributed by atoms with Crippen LogP contribution in [-0.4, -0.2) is 137 Å². The molecule has 0 saturated carbocycles. The van der Waals surface area contributed by atoms with Crippen molar-refractivity contribution in [2.24, 2.45) is 0 Å². The molecule has 0 fully saturated rings. The van der Waals surface area contributed by atoms with Gasteiger partial charge in [-0.15, -0.1) is 58.0 Å². The predicted molar refractivity (Wildman–Crippen MR) is 531 cm³/mol. The van der Waals surface area contributed by atoms with E-state index in [2.05, 4.69) is 78.0 Å². The lowest BCUT2D eigenvalue weighted by molar-refractivity contribution is 0.299. The maximum Gasteiger partial charge on any atom is 0.247 e. The fraction of sp³-hybridized carbons (Fsp3) is 0.299. The summed E-state index contributed by atoms with van der Waals surface area (Å²) in [6.45, 7) is 18.1. The van der Waals surface area contributed by atoms with Gasteiger partial charge < -0.3 is 38.3 Å². The number of nitriles is 4. The van der Waals surface area contributed by atoms with Gasteiger partial charge in [-0.2, -0.15) is 21.0 Å². The summed E-state index contributed by atoms with van der Waals surface area (Å²) in [5.41, 5.74) is 10.1. The van der Waals surface area contributed by atoms with E-state index in [-0.39, 0.29) is 67.5 Å². The number of aromatic hydroxyl groups is 1. The van der Waals surface area contributed by atoms with E-state index in [9.17, 15) is 43.0 Å². The molecule has 0 radical (unpaired) electrons. The lowest BCUT2D eigenvalue weighted by Crippen LogP contribution is -2.19. The number of nitrogens with zero attached hydrogens (tertiary/aromatic N) is 12. The van der Waals surface area contributed by atoms with Crippen LogP contribution < -0.4 is 33.2 Å². The molecule has 0 aliphatic carbocycles. The second-order valence-corrected chi connectivity index (χ2v) is 40.3. The van der Waals surface area contributed by atoms with E-state index in [1.807, 2.05) is 163 Å². The summed E-state index contributed by atoms with van der Waals surface area (Å²) in [5, 5.41) is 50.3. The minimum atomic E-state index is -3.49. The van der Waals surface area contributed by atoms with Crippen molar-refractivity contribution in [3.63, 3.8) is 0 Å². The van der Waals surface area contributed by atoms with Gasteiger partial charge in [0.1, 0.15) is 105 Å². The molecule has 134 heavy (non-hydrogen) atoms. The van der Waals surface area contributed by atoms with Gasteiger partial charge in [0, 0.05) is 59.0 Å². The third kappa shape index (κ3) is 31.4. The molecule has 24 nitrogen and oxygen atoms in total. The molecule has 0 bridgehead atoms. The fourth-order valence-corrected chi connectivity index (χ4v) is 16.2. The monoisotopic (exact) mass is 2060 g/mol. The number of phenolic OH excluding ortho intramolecular Hbond substituents is 1. The third-order valence-electron chi connectivity index (χ3n) is 20.4. The Morgan fingerprint density at radius 2 is 0.634 bits per heavy atom. The van der Waals surface area contributed by atoms with Crippen molar-refractivity contribution in [2.45, 2.75) is 124 Å². The molecule has 12 aromatic rings. The number of halogens is 9. The number of phenols is 1. The van der Waals surface area contributed by atoms with Crippen LogP contribution >= 0.6 is 128 Å². The average Bonchev–Trinajstić information content (AvgIpc) is 0.792. The standard InChI is InChI=1S/C25H25Cl2N3O4S.C24H23Cl2N3O4S.C24H23Cl2N3O2S.C18H17Cl2NO2.C6H7ClN2S/c1-25(2,19-12-17(14-28)24(22(27)13-19)33-11-9-26)18-4-6-21(7-5-18)34-15-20-8-10-29-23(30-20)16-35(3,31)32;1-24(2,18-12-16(14-27)22(21(26)13-18)32-11-9-25)17-4-6-20(7-5-17)33-15-19-8-10-28-23(29-19)34(3,30)31;1-24(2,18-12-16(14-27)22(21(26)13-18)30-11-9-25)17-4-6-20(7-5-17)31-15-19-8-10-28-23(29-19)32-3;1-18(2,13-3-5-15(22)6-4-13)14-9-12(11-21)17(16(20)10-14)23-8-7-19;1-10-6-8-3-2-5(4-7)9-6/h4-8,10,12-13H,9,11,15-16H2,1-3H3;4-8,10,12-13H,9,11,15H2,1-3H3;4-8,10,12-13H,9,11,15H2,1-3H3;3-6,9-10,22H,7-8H2,1-2H3;2-3H,4H2,1H3. The summed E-state index contributed by atoms with van der Waals surface area (Å²) in [4.78, 5) is 32.8. The van der Waals surface area contributed by atoms with Crippen LogP contribution in [0.15, 0.2) is 210 Å². The maximum atomic E-state index is 11.6. The molecular formula is C97H95Cl9N12O12S4. The number of hydrogen-bond donors (Lipinski definition) is 1. The van der Waals surface area contributed by atoms with Crippen LogP contribution in [0.25, 0.3) is 0 Å². The molecule has 37 heteroatoms. The van der Waals surface area contributed by atoms with Crippen molar-refractivity contribution in [3.05, 3.63) is 310 Å². The topological polar surface area (TPSA) is 351 Å². The van der Waals surface area contributed by atoms with Gasteiger partial charge in [0.2, 0.25) is 15.0 Å². The van der Waals surface area contributed by atoms with Crippen LogP contribution in [0.5, 0.6) is 46.0 Å². The Balaban J connectivity index is 0.000000214. The number of hydrogen-bond acceptors (Lipinski definition) is 26. The van der Waals surface area contributed by atoms with E-state index < -0.39 is 35.9 Å². The quantitative estimate of drug-likeness (QED) is 0.0219. The molecule has 0 spiro atoms. The van der Waals surface area contributed by atoms with Crippen molar-refractivity contribution in [1.29, 1.82) is 21.0 Å². The molecule has 0 aliphatic rings. The van der Waals surface area contributed by atoms with Crippen LogP contribution in [0.1, 0.15) is 151 Å². The summed E-state index contributed by atoms with van der Waals surface area (Å²) in [6.07, 6.45) is 12.4. The number of thioether (sulfide) groups is 2. The Morgan fingerprint density at radius 1 is 0.358 bits per heavy atom. The zero-order valence-corrected chi connectivity index (χ0v) is 85.1. The lowest BCUT2D eigenvalue weighted by Gasteiger charge is -2.27. The Kier molecular flexibility index (Phi) is 41.9. The Hall–Kier alpha value is -10.4. The van der Waals surface area contributed by atoms with Crippen LogP contribution in [-0.2, 0) is 72.8 Å². The van der Waals surface area contributed by atoms with Gasteiger partial charge in [0.25, 0.3) is 0 Å². The zero-order chi connectivity index (χ0) is 98.1. The van der Waals surface area contributed by atoms with E-state index in [1.54, 1.807) is 73.1 Å². The van der Waals surface area contributed by atoms with E-state index in [4.69, 9.17) is 138 Å². The molecule has 4 heterocycles. The van der Waals surface area contributed by atoms with E-state index in [0.717, 1.165) is 84.5 Å². The molecule has 12 rings (SSSR count). The first-order valence-corrected chi connectivity index (χ1v) is 51.3. The first-order chi connectivity index (χ1) is 63.7. The predicted octanol–water partition coefficient (Wildman–Crippen LogP) is 23.0. The molecule has 1 N–H and O–H groups in total. The normalized spacial score (nSPS) is 11.3. The Labute approximate surface area is 835 Å². The van der Waals surface area contributed by atoms with Crippen molar-refractivity contribution in [2.75, 3.05) is 75.0 Å². The van der Waals surface area contributed by atoms with Crippen molar-refractivity contribution >= 4 is 148 Å². The van der Waals surface area contributed by atoms with Gasteiger partial charge >= 0.3 is 0 Å². The molecular weight excluding hydrogens is 1970 g/mol. The van der Waals surface area contributed by atoms with Gasteiger partial charge in [0.15, 0.2) is 43.1 Å². The average molecular weight is 2070 g/mol. The molecule has 0 saturated heterocycles. The number of ether oxygens (including phenoxy) is 7. The minimum Gasteiger partial charge on any atom is -0.508 e. The van der Waals surface area contributed by atoms with E-state index in [0.29, 0.717) is 124 Å². The highest BCUT2D eigenvalue weighted by atomic mass is 35.5. The first-order valence-electron chi connectivity index (χ1n) is 40.7. The largest absolute Gasteiger partial charge is 0.508 e. The van der Waals surface area contributed by atoms with Gasteiger partial charge in [-0.25, -0.2) is 56.7 Å². The maximum absolute atomic E-state index is 11.6. The summed E-state index contributed by atoms with van der Waals surface area (Å²) < 4.78 is 85.8. The molecule has 0 atom stereocenters. The molecule has 0 amide bonds. The highest BCUT2D eigenvalue weighted by Crippen LogP contribution is 2.44. The zero-order valence-electron chi connectivity index (χ0n) is 75.0. The van der Waals surface area contributed by atoms with Gasteiger partial charge in [-0.1, -0.05) is 174 Å². The highest BCUT2D eigenvalue weighted by molar-refractivity contribution is 7.98. The molecule has 0 aliphatic heterocycles. The molecule has 0 unspecified atom stereocenters. The minimum absolute atomic E-state index is 0.0959. The first kappa shape index (κ1) is 109. The van der Waals surface area contributed by atoms with Gasteiger partial charge in [0.05, 0.1) is 94.5 Å². The van der Waals surface area contributed by atoms with Crippen LogP contribution in [0.2, 0.25) is 20.1 Å². The highest BCUT2D eigenvalue weighted by Gasteiger charge is 2.31. The fourth-order valence-electron chi connectivity index (χ4n) is 12.8. The van der Waals surface area contributed by atoms with Crippen LogP contribution in [0.4, 0.5) is 0 Å². The van der Waals surface area contributed by atoms with Crippen molar-refractivity contribution in [3.8, 4) is 70.3 Å². The smallest absolute Gasteiger partial charge is 0.247 e. The van der Waals surface area contributed by atoms with Crippen LogP contribution in [0.3, 0.4) is 0 Å². The number of sulfone groups is 2. The number of alkyl halides is 5. The molecule has 8 aromatic carbocycles.